The molecular formula is C12H23ClN2O. The van der Waals surface area contributed by atoms with Crippen molar-refractivity contribution in [2.24, 2.45) is 11.1 Å². The Balaban J connectivity index is 0.00000128. The fourth-order valence-electron chi connectivity index (χ4n) is 2.76. The second-order valence-corrected chi connectivity index (χ2v) is 5.12. The molecule has 2 rings (SSSR count). The van der Waals surface area contributed by atoms with Crippen LogP contribution in [0.4, 0.5) is 0 Å². The summed E-state index contributed by atoms with van der Waals surface area (Å²) in [4.78, 5) is 14.4. The van der Waals surface area contributed by atoms with E-state index >= 15 is 0 Å². The monoisotopic (exact) mass is 246 g/mol. The van der Waals surface area contributed by atoms with Gasteiger partial charge in [0.1, 0.15) is 0 Å². The third kappa shape index (κ3) is 2.35. The van der Waals surface area contributed by atoms with E-state index in [1.165, 1.54) is 6.42 Å². The predicted molar refractivity (Wildman–Crippen MR) is 67.6 cm³/mol. The Morgan fingerprint density at radius 2 is 1.94 bits per heavy atom. The summed E-state index contributed by atoms with van der Waals surface area (Å²) < 4.78 is 0. The van der Waals surface area contributed by atoms with Gasteiger partial charge in [0.05, 0.1) is 0 Å². The van der Waals surface area contributed by atoms with Gasteiger partial charge >= 0.3 is 0 Å². The van der Waals surface area contributed by atoms with Crippen molar-refractivity contribution < 1.29 is 4.79 Å². The molecular weight excluding hydrogens is 224 g/mol. The lowest BCUT2D eigenvalue weighted by Crippen LogP contribution is -2.51. The Kier molecular flexibility index (Phi) is 4.62. The van der Waals surface area contributed by atoms with Crippen LogP contribution in [0, 0.1) is 5.41 Å². The van der Waals surface area contributed by atoms with Gasteiger partial charge in [0.25, 0.3) is 0 Å². The van der Waals surface area contributed by atoms with Gasteiger partial charge in [0, 0.05) is 24.5 Å². The van der Waals surface area contributed by atoms with Gasteiger partial charge in [-0.2, -0.15) is 0 Å². The minimum atomic E-state index is 0. The summed E-state index contributed by atoms with van der Waals surface area (Å²) >= 11 is 0. The Hall–Kier alpha value is -0.280. The Labute approximate surface area is 104 Å². The highest BCUT2D eigenvalue weighted by Crippen LogP contribution is 2.45. The first-order valence-electron chi connectivity index (χ1n) is 6.23. The number of halogens is 1. The highest BCUT2D eigenvalue weighted by atomic mass is 35.5. The number of likely N-dealkylation sites (tertiary alicyclic amines) is 1. The number of carbonyl (C=O) groups excluding carboxylic acids is 1. The van der Waals surface area contributed by atoms with Gasteiger partial charge in [0.2, 0.25) is 5.91 Å². The topological polar surface area (TPSA) is 46.3 Å². The number of piperidine rings is 1. The zero-order valence-corrected chi connectivity index (χ0v) is 10.9. The predicted octanol–water partition coefficient (Wildman–Crippen LogP) is 1.94. The van der Waals surface area contributed by atoms with Crippen LogP contribution in [-0.2, 0) is 4.79 Å². The lowest BCUT2D eigenvalue weighted by atomic mass is 9.66. The number of rotatable bonds is 2. The lowest BCUT2D eigenvalue weighted by Gasteiger charge is -2.44. The number of nitrogens with two attached hydrogens (primary N) is 1. The number of hydrogen-bond acceptors (Lipinski definition) is 2. The minimum Gasteiger partial charge on any atom is -0.342 e. The van der Waals surface area contributed by atoms with Gasteiger partial charge in [-0.3, -0.25) is 4.79 Å². The maximum Gasteiger partial charge on any atom is 0.228 e. The average Bonchev–Trinajstić information content (AvgIpc) is 2.18. The van der Waals surface area contributed by atoms with Crippen LogP contribution in [0.25, 0.3) is 0 Å². The molecule has 1 heterocycles. The molecule has 0 radical (unpaired) electrons. The van der Waals surface area contributed by atoms with E-state index < -0.39 is 0 Å². The summed E-state index contributed by atoms with van der Waals surface area (Å²) in [6.07, 6.45) is 6.40. The maximum absolute atomic E-state index is 12.3. The quantitative estimate of drug-likeness (QED) is 0.810. The van der Waals surface area contributed by atoms with Crippen molar-refractivity contribution in [2.45, 2.75) is 51.5 Å². The molecule has 2 N–H and O–H groups in total. The third-order valence-electron chi connectivity index (χ3n) is 4.27. The molecule has 0 aromatic carbocycles. The van der Waals surface area contributed by atoms with Crippen molar-refractivity contribution in [1.82, 2.24) is 4.90 Å². The summed E-state index contributed by atoms with van der Waals surface area (Å²) in [7, 11) is 0. The van der Waals surface area contributed by atoms with Crippen LogP contribution >= 0.6 is 12.4 Å². The van der Waals surface area contributed by atoms with Crippen LogP contribution < -0.4 is 5.73 Å². The van der Waals surface area contributed by atoms with Crippen LogP contribution in [0.5, 0.6) is 0 Å². The molecule has 0 atom stereocenters. The van der Waals surface area contributed by atoms with E-state index in [-0.39, 0.29) is 17.8 Å². The van der Waals surface area contributed by atoms with Crippen LogP contribution in [0.1, 0.15) is 45.4 Å². The molecule has 1 saturated heterocycles. The normalized spacial score (nSPS) is 24.5. The molecule has 1 aliphatic carbocycles. The maximum atomic E-state index is 12.3. The van der Waals surface area contributed by atoms with Crippen molar-refractivity contribution in [3.05, 3.63) is 0 Å². The van der Waals surface area contributed by atoms with Gasteiger partial charge in [-0.05, 0) is 32.1 Å². The number of amides is 1. The summed E-state index contributed by atoms with van der Waals surface area (Å²) in [6.45, 7) is 3.90. The van der Waals surface area contributed by atoms with Crippen LogP contribution in [0.15, 0.2) is 0 Å². The molecule has 94 valence electrons. The van der Waals surface area contributed by atoms with E-state index in [0.717, 1.165) is 45.2 Å². The molecule has 0 aromatic rings. The van der Waals surface area contributed by atoms with Crippen LogP contribution in [-0.4, -0.2) is 29.9 Å². The second-order valence-electron chi connectivity index (χ2n) is 5.12. The molecule has 0 bridgehead atoms. The number of hydrogen-bond donors (Lipinski definition) is 1. The van der Waals surface area contributed by atoms with E-state index in [2.05, 4.69) is 6.92 Å². The van der Waals surface area contributed by atoms with Gasteiger partial charge in [0.15, 0.2) is 0 Å². The summed E-state index contributed by atoms with van der Waals surface area (Å²) in [5.41, 5.74) is 5.86. The molecule has 4 heteroatoms. The van der Waals surface area contributed by atoms with Crippen LogP contribution in [0.3, 0.4) is 0 Å². The van der Waals surface area contributed by atoms with E-state index in [1.807, 2.05) is 4.90 Å². The molecule has 0 aromatic heterocycles. The SMILES string of the molecule is CCC1(C(=O)N2CCC(N)CC2)CCC1.Cl. The fourth-order valence-corrected chi connectivity index (χ4v) is 2.76. The van der Waals surface area contributed by atoms with Crippen LogP contribution in [0.2, 0.25) is 0 Å². The van der Waals surface area contributed by atoms with E-state index in [0.29, 0.717) is 11.9 Å². The van der Waals surface area contributed by atoms with Gasteiger partial charge < -0.3 is 10.6 Å². The lowest BCUT2D eigenvalue weighted by molar-refractivity contribution is -0.148. The summed E-state index contributed by atoms with van der Waals surface area (Å²) in [6, 6.07) is 0.313. The summed E-state index contributed by atoms with van der Waals surface area (Å²) in [5, 5.41) is 0. The Bertz CT molecular complexity index is 240. The molecule has 0 spiro atoms. The minimum absolute atomic E-state index is 0. The fraction of sp³-hybridized carbons (Fsp3) is 0.917. The first-order chi connectivity index (χ1) is 7.18. The molecule has 1 saturated carbocycles. The first kappa shape index (κ1) is 13.8. The van der Waals surface area contributed by atoms with E-state index in [4.69, 9.17) is 5.73 Å². The number of nitrogens with zero attached hydrogens (tertiary/aromatic N) is 1. The molecule has 1 aliphatic heterocycles. The van der Waals surface area contributed by atoms with Gasteiger partial charge in [-0.15, -0.1) is 12.4 Å². The van der Waals surface area contributed by atoms with Gasteiger partial charge in [-0.1, -0.05) is 13.3 Å². The standard InChI is InChI=1S/C12H22N2O.ClH/c1-2-12(6-3-7-12)11(15)14-8-4-10(13)5-9-14;/h10H,2-9,13H2,1H3;1H. The molecule has 16 heavy (non-hydrogen) atoms. The van der Waals surface area contributed by atoms with Crippen molar-refractivity contribution in [1.29, 1.82) is 0 Å². The largest absolute Gasteiger partial charge is 0.342 e. The zero-order chi connectivity index (χ0) is 10.9. The van der Waals surface area contributed by atoms with E-state index in [1.54, 1.807) is 0 Å². The molecule has 3 nitrogen and oxygen atoms in total. The Morgan fingerprint density at radius 3 is 2.31 bits per heavy atom. The average molecular weight is 247 g/mol. The second kappa shape index (κ2) is 5.37. The van der Waals surface area contributed by atoms with Gasteiger partial charge in [-0.25, -0.2) is 0 Å². The molecule has 1 amide bonds. The molecule has 2 fully saturated rings. The van der Waals surface area contributed by atoms with Crippen molar-refractivity contribution in [3.8, 4) is 0 Å². The van der Waals surface area contributed by atoms with Crippen molar-refractivity contribution in [2.75, 3.05) is 13.1 Å². The molecule has 0 unspecified atom stereocenters. The highest BCUT2D eigenvalue weighted by molar-refractivity contribution is 5.85. The smallest absolute Gasteiger partial charge is 0.228 e. The van der Waals surface area contributed by atoms with E-state index in [9.17, 15) is 4.79 Å². The first-order valence-corrected chi connectivity index (χ1v) is 6.23. The van der Waals surface area contributed by atoms with Crippen molar-refractivity contribution in [3.63, 3.8) is 0 Å². The molecule has 2 aliphatic rings. The summed E-state index contributed by atoms with van der Waals surface area (Å²) in [5.74, 6) is 0.406. The highest BCUT2D eigenvalue weighted by Gasteiger charge is 2.44. The van der Waals surface area contributed by atoms with Crippen molar-refractivity contribution >= 4 is 18.3 Å². The zero-order valence-electron chi connectivity index (χ0n) is 10.1. The number of carbonyl (C=O) groups is 1. The third-order valence-corrected chi connectivity index (χ3v) is 4.27. The Morgan fingerprint density at radius 1 is 1.38 bits per heavy atom.